The first-order valence-corrected chi connectivity index (χ1v) is 7.55. The summed E-state index contributed by atoms with van der Waals surface area (Å²) in [5.74, 6) is 0.156. The summed E-state index contributed by atoms with van der Waals surface area (Å²) in [6.07, 6.45) is 2.51. The molecule has 0 aromatic heterocycles. The molecule has 0 unspecified atom stereocenters. The van der Waals surface area contributed by atoms with Crippen molar-refractivity contribution in [2.75, 3.05) is 30.9 Å². The lowest BCUT2D eigenvalue weighted by molar-refractivity contribution is 0.133. The zero-order chi connectivity index (χ0) is 15.4. The Morgan fingerprint density at radius 2 is 2.19 bits per heavy atom. The van der Waals surface area contributed by atoms with Crippen molar-refractivity contribution in [2.24, 2.45) is 5.92 Å². The average Bonchev–Trinajstić information content (AvgIpc) is 2.81. The second-order valence-corrected chi connectivity index (χ2v) is 6.03. The van der Waals surface area contributed by atoms with Crippen LogP contribution in [0.3, 0.4) is 0 Å². The standard InChI is InChI=1S/C15H22ClN3O2/c1-19(2)14-11(16)6-4-7-12(14)18-15(21)17-9-10-5-3-8-13(10)20/h4,6-7,10,13,20H,3,5,8-9H2,1-2H3,(H2,17,18,21)/t10-,13-/m1/s1. The zero-order valence-electron chi connectivity index (χ0n) is 12.4. The summed E-state index contributed by atoms with van der Waals surface area (Å²) < 4.78 is 0. The lowest BCUT2D eigenvalue weighted by Crippen LogP contribution is -2.35. The Kier molecular flexibility index (Phi) is 5.31. The second-order valence-electron chi connectivity index (χ2n) is 5.62. The number of carbonyl (C=O) groups excluding carboxylic acids is 1. The minimum absolute atomic E-state index is 0.156. The molecule has 2 atom stereocenters. The Morgan fingerprint density at radius 3 is 2.81 bits per heavy atom. The summed E-state index contributed by atoms with van der Waals surface area (Å²) in [5, 5.41) is 16.0. The van der Waals surface area contributed by atoms with Crippen LogP contribution in [0.2, 0.25) is 5.02 Å². The number of carbonyl (C=O) groups is 1. The van der Waals surface area contributed by atoms with E-state index in [0.717, 1.165) is 24.9 Å². The number of aliphatic hydroxyl groups is 1. The van der Waals surface area contributed by atoms with Gasteiger partial charge < -0.3 is 20.6 Å². The van der Waals surface area contributed by atoms with Gasteiger partial charge in [-0.3, -0.25) is 0 Å². The number of aliphatic hydroxyl groups excluding tert-OH is 1. The van der Waals surface area contributed by atoms with Crippen LogP contribution >= 0.6 is 11.6 Å². The zero-order valence-corrected chi connectivity index (χ0v) is 13.2. The molecular weight excluding hydrogens is 290 g/mol. The van der Waals surface area contributed by atoms with E-state index in [4.69, 9.17) is 11.6 Å². The molecular formula is C15H22ClN3O2. The molecule has 0 radical (unpaired) electrons. The van der Waals surface area contributed by atoms with E-state index in [1.54, 1.807) is 12.1 Å². The number of urea groups is 1. The fourth-order valence-corrected chi connectivity index (χ4v) is 3.06. The molecule has 0 aliphatic heterocycles. The lowest BCUT2D eigenvalue weighted by Gasteiger charge is -2.20. The smallest absolute Gasteiger partial charge is 0.319 e. The van der Waals surface area contributed by atoms with Gasteiger partial charge in [-0.1, -0.05) is 24.1 Å². The van der Waals surface area contributed by atoms with E-state index in [0.29, 0.717) is 17.3 Å². The molecule has 116 valence electrons. The van der Waals surface area contributed by atoms with Crippen LogP contribution in [0.4, 0.5) is 16.2 Å². The Labute approximate surface area is 130 Å². The number of hydrogen-bond donors (Lipinski definition) is 3. The van der Waals surface area contributed by atoms with Gasteiger partial charge in [0.05, 0.1) is 22.5 Å². The van der Waals surface area contributed by atoms with Crippen molar-refractivity contribution in [3.05, 3.63) is 23.2 Å². The number of anilines is 2. The van der Waals surface area contributed by atoms with E-state index in [9.17, 15) is 9.90 Å². The van der Waals surface area contributed by atoms with Crippen molar-refractivity contribution in [2.45, 2.75) is 25.4 Å². The van der Waals surface area contributed by atoms with Gasteiger partial charge in [0.2, 0.25) is 0 Å². The number of rotatable bonds is 4. The van der Waals surface area contributed by atoms with E-state index in [1.807, 2.05) is 25.1 Å². The molecule has 5 nitrogen and oxygen atoms in total. The summed E-state index contributed by atoms with van der Waals surface area (Å²) in [6.45, 7) is 0.491. The van der Waals surface area contributed by atoms with Crippen LogP contribution in [0, 0.1) is 5.92 Å². The van der Waals surface area contributed by atoms with Gasteiger partial charge in [0.1, 0.15) is 0 Å². The third-order valence-electron chi connectivity index (χ3n) is 3.83. The number of nitrogens with zero attached hydrogens (tertiary/aromatic N) is 1. The molecule has 0 saturated heterocycles. The van der Waals surface area contributed by atoms with E-state index in [1.165, 1.54) is 0 Å². The first-order chi connectivity index (χ1) is 9.99. The normalized spacial score (nSPS) is 21.1. The Hall–Kier alpha value is -1.46. The molecule has 3 N–H and O–H groups in total. The Balaban J connectivity index is 1.95. The van der Waals surface area contributed by atoms with Gasteiger partial charge in [-0.2, -0.15) is 0 Å². The highest BCUT2D eigenvalue weighted by molar-refractivity contribution is 6.34. The number of para-hydroxylation sites is 1. The minimum atomic E-state index is -0.297. The van der Waals surface area contributed by atoms with Crippen LogP contribution in [0.1, 0.15) is 19.3 Å². The molecule has 0 heterocycles. The summed E-state index contributed by atoms with van der Waals surface area (Å²) in [5.41, 5.74) is 1.44. The molecule has 2 amide bonds. The average molecular weight is 312 g/mol. The number of hydrogen-bond acceptors (Lipinski definition) is 3. The quantitative estimate of drug-likeness (QED) is 0.801. The van der Waals surface area contributed by atoms with Crippen molar-refractivity contribution < 1.29 is 9.90 Å². The van der Waals surface area contributed by atoms with Crippen molar-refractivity contribution in [1.29, 1.82) is 0 Å². The molecule has 1 fully saturated rings. The molecule has 2 rings (SSSR count). The molecule has 0 spiro atoms. The number of halogens is 1. The van der Waals surface area contributed by atoms with E-state index in [2.05, 4.69) is 10.6 Å². The molecule has 0 bridgehead atoms. The van der Waals surface area contributed by atoms with Gasteiger partial charge in [0.25, 0.3) is 0 Å². The maximum Gasteiger partial charge on any atom is 0.319 e. The van der Waals surface area contributed by atoms with Crippen LogP contribution in [0.25, 0.3) is 0 Å². The SMILES string of the molecule is CN(C)c1c(Cl)cccc1NC(=O)NC[C@H]1CCC[C@H]1O. The topological polar surface area (TPSA) is 64.6 Å². The third kappa shape index (κ3) is 4.02. The minimum Gasteiger partial charge on any atom is -0.393 e. The van der Waals surface area contributed by atoms with Crippen LogP contribution in [-0.4, -0.2) is 37.9 Å². The van der Waals surface area contributed by atoms with Gasteiger partial charge in [0.15, 0.2) is 0 Å². The van der Waals surface area contributed by atoms with Gasteiger partial charge in [-0.25, -0.2) is 4.79 Å². The Bertz CT molecular complexity index is 508. The predicted molar refractivity (Wildman–Crippen MR) is 86.1 cm³/mol. The molecule has 1 aromatic rings. The van der Waals surface area contributed by atoms with Crippen molar-refractivity contribution in [3.8, 4) is 0 Å². The molecule has 6 heteroatoms. The summed E-state index contributed by atoms with van der Waals surface area (Å²) in [4.78, 5) is 13.9. The van der Waals surface area contributed by atoms with E-state index >= 15 is 0 Å². The van der Waals surface area contributed by atoms with Crippen LogP contribution in [-0.2, 0) is 0 Å². The first-order valence-electron chi connectivity index (χ1n) is 7.17. The molecule has 21 heavy (non-hydrogen) atoms. The molecule has 1 aliphatic carbocycles. The van der Waals surface area contributed by atoms with Gasteiger partial charge >= 0.3 is 6.03 Å². The number of benzene rings is 1. The van der Waals surface area contributed by atoms with Crippen molar-refractivity contribution >= 4 is 29.0 Å². The lowest BCUT2D eigenvalue weighted by atomic mass is 10.1. The van der Waals surface area contributed by atoms with Crippen molar-refractivity contribution in [1.82, 2.24) is 5.32 Å². The van der Waals surface area contributed by atoms with Crippen LogP contribution in [0.5, 0.6) is 0 Å². The second kappa shape index (κ2) is 7.00. The highest BCUT2D eigenvalue weighted by atomic mass is 35.5. The third-order valence-corrected chi connectivity index (χ3v) is 4.13. The fourth-order valence-electron chi connectivity index (χ4n) is 2.72. The largest absolute Gasteiger partial charge is 0.393 e. The fraction of sp³-hybridized carbons (Fsp3) is 0.533. The molecule has 1 saturated carbocycles. The summed E-state index contributed by atoms with van der Waals surface area (Å²) in [6, 6.07) is 5.12. The highest BCUT2D eigenvalue weighted by Crippen LogP contribution is 2.32. The maximum absolute atomic E-state index is 12.0. The van der Waals surface area contributed by atoms with E-state index in [-0.39, 0.29) is 18.1 Å². The molecule has 1 aromatic carbocycles. The molecule has 1 aliphatic rings. The van der Waals surface area contributed by atoms with E-state index < -0.39 is 0 Å². The number of nitrogens with one attached hydrogen (secondary N) is 2. The first kappa shape index (κ1) is 15.9. The summed E-state index contributed by atoms with van der Waals surface area (Å²) >= 11 is 6.16. The summed E-state index contributed by atoms with van der Waals surface area (Å²) in [7, 11) is 3.75. The van der Waals surface area contributed by atoms with Gasteiger partial charge in [-0.15, -0.1) is 0 Å². The van der Waals surface area contributed by atoms with Crippen LogP contribution < -0.4 is 15.5 Å². The predicted octanol–water partition coefficient (Wildman–Crippen LogP) is 2.69. The van der Waals surface area contributed by atoms with Crippen LogP contribution in [0.15, 0.2) is 18.2 Å². The van der Waals surface area contributed by atoms with Crippen molar-refractivity contribution in [3.63, 3.8) is 0 Å². The maximum atomic E-state index is 12.0. The number of amides is 2. The van der Waals surface area contributed by atoms with Gasteiger partial charge in [0, 0.05) is 26.6 Å². The Morgan fingerprint density at radius 1 is 1.43 bits per heavy atom. The highest BCUT2D eigenvalue weighted by Gasteiger charge is 2.25. The monoisotopic (exact) mass is 311 g/mol. The van der Waals surface area contributed by atoms with Gasteiger partial charge in [-0.05, 0) is 25.0 Å².